The van der Waals surface area contributed by atoms with Crippen molar-refractivity contribution in [3.8, 4) is 17.2 Å². The number of hydrogen-bond acceptors (Lipinski definition) is 4. The van der Waals surface area contributed by atoms with Gasteiger partial charge in [-0.3, -0.25) is 0 Å². The maximum absolute atomic E-state index is 9.26. The van der Waals surface area contributed by atoms with E-state index in [0.717, 1.165) is 0 Å². The molecule has 1 rings (SSSR count). The van der Waals surface area contributed by atoms with Crippen LogP contribution in [0.25, 0.3) is 0 Å². The van der Waals surface area contributed by atoms with E-state index in [1.54, 1.807) is 13.1 Å². The minimum absolute atomic E-state index is 0.274. The fourth-order valence-electron chi connectivity index (χ4n) is 0.944. The van der Waals surface area contributed by atoms with Crippen LogP contribution in [0.4, 0.5) is 0 Å². The fraction of sp³-hybridized carbons (Fsp3) is 0.250. The van der Waals surface area contributed by atoms with Crippen LogP contribution < -0.4 is 5.32 Å². The highest BCUT2D eigenvalue weighted by atomic mass is 16.3. The average molecular weight is 169 g/mol. The van der Waals surface area contributed by atoms with Gasteiger partial charge in [-0.2, -0.15) is 0 Å². The van der Waals surface area contributed by atoms with Crippen LogP contribution in [0.15, 0.2) is 12.1 Å². The number of nitrogens with one attached hydrogen (secondary N) is 1. The molecule has 0 bridgehead atoms. The lowest BCUT2D eigenvalue weighted by Gasteiger charge is -2.06. The van der Waals surface area contributed by atoms with Crippen LogP contribution in [-0.4, -0.2) is 22.4 Å². The Morgan fingerprint density at radius 3 is 2.42 bits per heavy atom. The summed E-state index contributed by atoms with van der Waals surface area (Å²) in [6.45, 7) is 0.444. The first kappa shape index (κ1) is 8.67. The number of aromatic hydroxyl groups is 3. The first-order valence-corrected chi connectivity index (χ1v) is 3.54. The molecule has 0 aliphatic heterocycles. The van der Waals surface area contributed by atoms with Crippen LogP contribution in [0.2, 0.25) is 0 Å². The Labute approximate surface area is 70.1 Å². The monoisotopic (exact) mass is 169 g/mol. The van der Waals surface area contributed by atoms with Gasteiger partial charge in [0.05, 0.1) is 0 Å². The quantitative estimate of drug-likeness (QED) is 0.487. The maximum Gasteiger partial charge on any atom is 0.200 e. The van der Waals surface area contributed by atoms with Crippen molar-refractivity contribution in [2.75, 3.05) is 7.05 Å². The predicted octanol–water partition coefficient (Wildman–Crippen LogP) is 0.523. The molecule has 0 amide bonds. The molecule has 0 spiro atoms. The smallest absolute Gasteiger partial charge is 0.200 e. The number of phenolic OH excluding ortho intramolecular Hbond substituents is 3. The van der Waals surface area contributed by atoms with Crippen molar-refractivity contribution in [1.29, 1.82) is 0 Å². The molecular formula is C8H11NO3. The van der Waals surface area contributed by atoms with Crippen molar-refractivity contribution < 1.29 is 15.3 Å². The molecule has 0 aliphatic rings. The summed E-state index contributed by atoms with van der Waals surface area (Å²) in [6.07, 6.45) is 0. The zero-order valence-corrected chi connectivity index (χ0v) is 6.70. The van der Waals surface area contributed by atoms with Gasteiger partial charge in [0.2, 0.25) is 5.75 Å². The third-order valence-electron chi connectivity index (χ3n) is 1.58. The van der Waals surface area contributed by atoms with Crippen molar-refractivity contribution >= 4 is 0 Å². The van der Waals surface area contributed by atoms with Gasteiger partial charge in [0.15, 0.2) is 11.5 Å². The standard InChI is InChI=1S/C8H11NO3/c1-9-4-5-2-3-6(10)8(12)7(5)11/h2-3,9-12H,4H2,1H3. The van der Waals surface area contributed by atoms with Gasteiger partial charge in [-0.1, -0.05) is 6.07 Å². The van der Waals surface area contributed by atoms with E-state index >= 15 is 0 Å². The summed E-state index contributed by atoms with van der Waals surface area (Å²) in [5, 5.41) is 30.1. The van der Waals surface area contributed by atoms with Gasteiger partial charge in [0.25, 0.3) is 0 Å². The van der Waals surface area contributed by atoms with E-state index < -0.39 is 5.75 Å². The minimum Gasteiger partial charge on any atom is -0.504 e. The lowest BCUT2D eigenvalue weighted by Crippen LogP contribution is -2.04. The molecule has 0 radical (unpaired) electrons. The molecule has 4 heteroatoms. The van der Waals surface area contributed by atoms with Crippen molar-refractivity contribution in [2.45, 2.75) is 6.54 Å². The fourth-order valence-corrected chi connectivity index (χ4v) is 0.944. The van der Waals surface area contributed by atoms with Gasteiger partial charge in [-0.25, -0.2) is 0 Å². The molecule has 0 aromatic heterocycles. The molecule has 1 aromatic rings. The van der Waals surface area contributed by atoms with Crippen LogP contribution in [-0.2, 0) is 6.54 Å². The second kappa shape index (κ2) is 3.32. The molecule has 4 nitrogen and oxygen atoms in total. The summed E-state index contributed by atoms with van der Waals surface area (Å²) in [5.41, 5.74) is 0.549. The Hall–Kier alpha value is -1.42. The van der Waals surface area contributed by atoms with Crippen LogP contribution >= 0.6 is 0 Å². The van der Waals surface area contributed by atoms with Crippen LogP contribution in [0, 0.1) is 0 Å². The molecule has 0 saturated carbocycles. The minimum atomic E-state index is -0.470. The van der Waals surface area contributed by atoms with Crippen LogP contribution in [0.5, 0.6) is 17.2 Å². The van der Waals surface area contributed by atoms with Gasteiger partial charge < -0.3 is 20.6 Å². The highest BCUT2D eigenvalue weighted by molar-refractivity contribution is 5.52. The summed E-state index contributed by atoms with van der Waals surface area (Å²) >= 11 is 0. The zero-order chi connectivity index (χ0) is 9.14. The topological polar surface area (TPSA) is 72.7 Å². The molecular weight excluding hydrogens is 158 g/mol. The summed E-state index contributed by atoms with van der Waals surface area (Å²) in [5.74, 6) is -1.06. The predicted molar refractivity (Wildman–Crippen MR) is 44.2 cm³/mol. The first-order chi connectivity index (χ1) is 5.66. The van der Waals surface area contributed by atoms with Crippen LogP contribution in [0.3, 0.4) is 0 Å². The molecule has 0 fully saturated rings. The Morgan fingerprint density at radius 2 is 1.83 bits per heavy atom. The van der Waals surface area contributed by atoms with Crippen LogP contribution in [0.1, 0.15) is 5.56 Å². The van der Waals surface area contributed by atoms with Gasteiger partial charge in [0, 0.05) is 12.1 Å². The third kappa shape index (κ3) is 1.43. The van der Waals surface area contributed by atoms with E-state index in [0.29, 0.717) is 12.1 Å². The lowest BCUT2D eigenvalue weighted by molar-refractivity contribution is 0.364. The normalized spacial score (nSPS) is 10.1. The van der Waals surface area contributed by atoms with E-state index in [4.69, 9.17) is 10.2 Å². The molecule has 0 aliphatic carbocycles. The molecule has 0 unspecified atom stereocenters. The SMILES string of the molecule is CNCc1ccc(O)c(O)c1O. The Balaban J connectivity index is 3.08. The average Bonchev–Trinajstić information content (AvgIpc) is 2.07. The summed E-state index contributed by atoms with van der Waals surface area (Å²) in [4.78, 5) is 0. The zero-order valence-electron chi connectivity index (χ0n) is 6.70. The number of benzene rings is 1. The Morgan fingerprint density at radius 1 is 1.17 bits per heavy atom. The summed E-state index contributed by atoms with van der Waals surface area (Å²) in [6, 6.07) is 2.88. The second-order valence-electron chi connectivity index (χ2n) is 2.47. The third-order valence-corrected chi connectivity index (χ3v) is 1.58. The summed E-state index contributed by atoms with van der Waals surface area (Å²) < 4.78 is 0. The van der Waals surface area contributed by atoms with Crippen molar-refractivity contribution in [3.63, 3.8) is 0 Å². The van der Waals surface area contributed by atoms with E-state index in [9.17, 15) is 5.11 Å². The first-order valence-electron chi connectivity index (χ1n) is 3.54. The molecule has 0 atom stereocenters. The molecule has 4 N–H and O–H groups in total. The van der Waals surface area contributed by atoms with Gasteiger partial charge in [-0.05, 0) is 13.1 Å². The van der Waals surface area contributed by atoms with Gasteiger partial charge in [-0.15, -0.1) is 0 Å². The second-order valence-corrected chi connectivity index (χ2v) is 2.47. The largest absolute Gasteiger partial charge is 0.504 e. The highest BCUT2D eigenvalue weighted by Gasteiger charge is 2.09. The molecule has 0 heterocycles. The van der Waals surface area contributed by atoms with Crippen molar-refractivity contribution in [3.05, 3.63) is 17.7 Å². The van der Waals surface area contributed by atoms with Crippen molar-refractivity contribution in [2.24, 2.45) is 0 Å². The molecule has 0 saturated heterocycles. The van der Waals surface area contributed by atoms with E-state index in [1.165, 1.54) is 6.07 Å². The highest BCUT2D eigenvalue weighted by Crippen LogP contribution is 2.36. The number of phenols is 3. The Bertz CT molecular complexity index is 286. The molecule has 12 heavy (non-hydrogen) atoms. The Kier molecular flexibility index (Phi) is 2.40. The van der Waals surface area contributed by atoms with Gasteiger partial charge >= 0.3 is 0 Å². The molecule has 1 aromatic carbocycles. The van der Waals surface area contributed by atoms with E-state index in [1.807, 2.05) is 0 Å². The maximum atomic E-state index is 9.26. The van der Waals surface area contributed by atoms with Gasteiger partial charge in [0.1, 0.15) is 0 Å². The van der Waals surface area contributed by atoms with E-state index in [-0.39, 0.29) is 11.5 Å². The van der Waals surface area contributed by atoms with Crippen molar-refractivity contribution in [1.82, 2.24) is 5.32 Å². The lowest BCUT2D eigenvalue weighted by atomic mass is 10.1. The van der Waals surface area contributed by atoms with E-state index in [2.05, 4.69) is 5.32 Å². The molecule has 66 valence electrons. The number of rotatable bonds is 2. The summed E-state index contributed by atoms with van der Waals surface area (Å²) in [7, 11) is 1.73. The number of hydrogen-bond donors (Lipinski definition) is 4.